The van der Waals surface area contributed by atoms with E-state index in [9.17, 15) is 23.2 Å². The van der Waals surface area contributed by atoms with Gasteiger partial charge in [-0.25, -0.2) is 22.7 Å². The largest absolute Gasteiger partial charge is 0.350 e. The Labute approximate surface area is 186 Å². The Balaban J connectivity index is 1.47. The van der Waals surface area contributed by atoms with E-state index in [4.69, 9.17) is 0 Å². The summed E-state index contributed by atoms with van der Waals surface area (Å²) in [6.45, 7) is 1.80. The van der Waals surface area contributed by atoms with Crippen LogP contribution in [0.15, 0.2) is 65.6 Å². The lowest BCUT2D eigenvalue weighted by molar-refractivity contribution is -0.117. The molecule has 0 saturated carbocycles. The molecular formula is C23H19F2N5O3. The molecule has 2 amide bonds. The fourth-order valence-corrected chi connectivity index (χ4v) is 3.16. The first kappa shape index (κ1) is 21.9. The number of carbonyl (C=O) groups is 2. The number of rotatable bonds is 6. The van der Waals surface area contributed by atoms with E-state index in [1.54, 1.807) is 0 Å². The summed E-state index contributed by atoms with van der Waals surface area (Å²) in [5, 5.41) is 9.11. The predicted octanol–water partition coefficient (Wildman–Crippen LogP) is 2.65. The molecule has 0 aliphatic rings. The molecule has 4 aromatic rings. The quantitative estimate of drug-likeness (QED) is 0.471. The summed E-state index contributed by atoms with van der Waals surface area (Å²) in [5.74, 6) is -2.81. The van der Waals surface area contributed by atoms with Crippen molar-refractivity contribution in [1.82, 2.24) is 19.5 Å². The van der Waals surface area contributed by atoms with Crippen LogP contribution in [0.3, 0.4) is 0 Å². The maximum absolute atomic E-state index is 13.7. The van der Waals surface area contributed by atoms with Crippen LogP contribution in [0.5, 0.6) is 0 Å². The average Bonchev–Trinajstić information content (AvgIpc) is 3.09. The number of anilines is 1. The Kier molecular flexibility index (Phi) is 5.99. The molecule has 0 unspecified atom stereocenters. The summed E-state index contributed by atoms with van der Waals surface area (Å²) in [4.78, 5) is 37.4. The second-order valence-electron chi connectivity index (χ2n) is 7.43. The van der Waals surface area contributed by atoms with Gasteiger partial charge in [0.25, 0.3) is 5.91 Å². The molecule has 33 heavy (non-hydrogen) atoms. The second kappa shape index (κ2) is 9.03. The van der Waals surface area contributed by atoms with Gasteiger partial charge >= 0.3 is 5.69 Å². The minimum atomic E-state index is -0.938. The smallest absolute Gasteiger partial charge is 0.348 e. The Morgan fingerprint density at radius 2 is 1.79 bits per heavy atom. The number of carbonyl (C=O) groups excluding carboxylic acids is 2. The van der Waals surface area contributed by atoms with Crippen molar-refractivity contribution in [2.45, 2.75) is 20.0 Å². The summed E-state index contributed by atoms with van der Waals surface area (Å²) in [6, 6.07) is 13.4. The van der Waals surface area contributed by atoms with Crippen LogP contribution >= 0.6 is 0 Å². The molecule has 2 N–H and O–H groups in total. The van der Waals surface area contributed by atoms with Crippen molar-refractivity contribution >= 4 is 23.1 Å². The number of nitrogens with zero attached hydrogens (tertiary/aromatic N) is 3. The van der Waals surface area contributed by atoms with Crippen molar-refractivity contribution in [3.63, 3.8) is 0 Å². The van der Waals surface area contributed by atoms with Gasteiger partial charge in [-0.3, -0.25) is 9.59 Å². The van der Waals surface area contributed by atoms with Gasteiger partial charge in [0.05, 0.1) is 11.3 Å². The molecular weight excluding hydrogens is 432 g/mol. The van der Waals surface area contributed by atoms with E-state index in [1.165, 1.54) is 18.3 Å². The highest BCUT2D eigenvalue weighted by atomic mass is 19.1. The monoisotopic (exact) mass is 451 g/mol. The lowest BCUT2D eigenvalue weighted by Gasteiger charge is -2.06. The highest BCUT2D eigenvalue weighted by Crippen LogP contribution is 2.15. The van der Waals surface area contributed by atoms with E-state index >= 15 is 0 Å². The minimum Gasteiger partial charge on any atom is -0.348 e. The zero-order chi connectivity index (χ0) is 23.5. The first-order valence-corrected chi connectivity index (χ1v) is 9.98. The summed E-state index contributed by atoms with van der Waals surface area (Å²) < 4.78 is 28.8. The van der Waals surface area contributed by atoms with Crippen LogP contribution in [0.4, 0.5) is 14.5 Å². The van der Waals surface area contributed by atoms with Gasteiger partial charge in [0.2, 0.25) is 5.91 Å². The normalized spacial score (nSPS) is 10.9. The van der Waals surface area contributed by atoms with Crippen LogP contribution in [0, 0.1) is 18.6 Å². The van der Waals surface area contributed by atoms with E-state index in [0.717, 1.165) is 32.3 Å². The number of pyridine rings is 1. The summed E-state index contributed by atoms with van der Waals surface area (Å²) in [5.41, 5.74) is 1.66. The van der Waals surface area contributed by atoms with Gasteiger partial charge in [-0.15, -0.1) is 5.10 Å². The van der Waals surface area contributed by atoms with Gasteiger partial charge in [0, 0.05) is 18.8 Å². The predicted molar refractivity (Wildman–Crippen MR) is 117 cm³/mol. The van der Waals surface area contributed by atoms with Gasteiger partial charge in [0.15, 0.2) is 5.65 Å². The van der Waals surface area contributed by atoms with Crippen molar-refractivity contribution in [2.75, 3.05) is 5.32 Å². The number of benzene rings is 2. The Morgan fingerprint density at radius 3 is 2.52 bits per heavy atom. The average molecular weight is 451 g/mol. The third kappa shape index (κ3) is 4.95. The van der Waals surface area contributed by atoms with E-state index in [2.05, 4.69) is 15.7 Å². The topological polar surface area (TPSA) is 97.5 Å². The second-order valence-corrected chi connectivity index (χ2v) is 7.43. The van der Waals surface area contributed by atoms with Crippen molar-refractivity contribution < 1.29 is 18.4 Å². The summed E-state index contributed by atoms with van der Waals surface area (Å²) >= 11 is 0. The number of nitrogens with one attached hydrogen (secondary N) is 2. The number of amides is 2. The van der Waals surface area contributed by atoms with Crippen LogP contribution in [-0.2, 0) is 17.9 Å². The van der Waals surface area contributed by atoms with Gasteiger partial charge < -0.3 is 10.6 Å². The molecule has 2 aromatic heterocycles. The van der Waals surface area contributed by atoms with Gasteiger partial charge in [-0.05, 0) is 36.8 Å². The van der Waals surface area contributed by atoms with Crippen molar-refractivity contribution in [2.24, 2.45) is 0 Å². The molecule has 0 saturated heterocycles. The van der Waals surface area contributed by atoms with Crippen molar-refractivity contribution in [1.29, 1.82) is 0 Å². The van der Waals surface area contributed by atoms with Gasteiger partial charge in [-0.2, -0.15) is 0 Å². The summed E-state index contributed by atoms with van der Waals surface area (Å²) in [6.07, 6.45) is 1.34. The first-order chi connectivity index (χ1) is 15.8. The fourth-order valence-electron chi connectivity index (χ4n) is 3.16. The molecule has 0 aliphatic carbocycles. The number of aryl methyl sites for hydroxylation is 1. The molecule has 10 heteroatoms. The molecule has 2 aromatic carbocycles. The van der Waals surface area contributed by atoms with Crippen molar-refractivity contribution in [3.8, 4) is 0 Å². The van der Waals surface area contributed by atoms with Crippen molar-refractivity contribution in [3.05, 3.63) is 99.6 Å². The maximum Gasteiger partial charge on any atom is 0.350 e. The molecule has 2 heterocycles. The first-order valence-electron chi connectivity index (χ1n) is 9.98. The van der Waals surface area contributed by atoms with Crippen LogP contribution in [0.1, 0.15) is 21.5 Å². The van der Waals surface area contributed by atoms with E-state index in [-0.39, 0.29) is 22.8 Å². The van der Waals surface area contributed by atoms with E-state index in [0.29, 0.717) is 12.6 Å². The maximum atomic E-state index is 13.7. The SMILES string of the molecule is Cc1ccc(CNC(=O)c2ccc3nn(CC(=O)Nc4ccc(F)cc4F)c(=O)n3c2)cc1. The number of halogens is 2. The van der Waals surface area contributed by atoms with Gasteiger partial charge in [0.1, 0.15) is 18.2 Å². The zero-order valence-electron chi connectivity index (χ0n) is 17.5. The fraction of sp³-hybridized carbons (Fsp3) is 0.130. The molecule has 0 spiro atoms. The standard InChI is InChI=1S/C23H19F2N5O3/c1-14-2-4-15(5-3-14)11-26-22(32)16-6-9-20-28-30(23(33)29(20)12-16)13-21(31)27-19-8-7-17(24)10-18(19)25/h2-10,12H,11,13H2,1H3,(H,26,32)(H,27,31). The van der Waals surface area contributed by atoms with Crippen LogP contribution < -0.4 is 16.3 Å². The van der Waals surface area contributed by atoms with Gasteiger partial charge in [-0.1, -0.05) is 29.8 Å². The number of hydrogen-bond acceptors (Lipinski definition) is 4. The minimum absolute atomic E-state index is 0.217. The molecule has 0 aliphatic heterocycles. The van der Waals surface area contributed by atoms with E-state index < -0.39 is 29.8 Å². The molecule has 0 radical (unpaired) electrons. The molecule has 8 nitrogen and oxygen atoms in total. The summed E-state index contributed by atoms with van der Waals surface area (Å²) in [7, 11) is 0. The molecule has 0 atom stereocenters. The zero-order valence-corrected chi connectivity index (χ0v) is 17.5. The third-order valence-corrected chi connectivity index (χ3v) is 4.91. The number of hydrogen-bond donors (Lipinski definition) is 2. The molecule has 4 rings (SSSR count). The van der Waals surface area contributed by atoms with Crippen LogP contribution in [0.2, 0.25) is 0 Å². The highest BCUT2D eigenvalue weighted by molar-refractivity contribution is 5.94. The number of aromatic nitrogens is 3. The number of fused-ring (bicyclic) bond motifs is 1. The molecule has 0 bridgehead atoms. The Bertz CT molecular complexity index is 1410. The Morgan fingerprint density at radius 1 is 1.03 bits per heavy atom. The molecule has 168 valence electrons. The van der Waals surface area contributed by atoms with Crippen LogP contribution in [-0.4, -0.2) is 26.0 Å². The lowest BCUT2D eigenvalue weighted by atomic mass is 10.1. The third-order valence-electron chi connectivity index (χ3n) is 4.91. The highest BCUT2D eigenvalue weighted by Gasteiger charge is 2.15. The van der Waals surface area contributed by atoms with E-state index in [1.807, 2.05) is 31.2 Å². The lowest BCUT2D eigenvalue weighted by Crippen LogP contribution is -2.29. The Hall–Kier alpha value is -4.34. The van der Waals surface area contributed by atoms with Crippen LogP contribution in [0.25, 0.3) is 5.65 Å². The molecule has 0 fully saturated rings.